The molecule has 0 saturated heterocycles. The van der Waals surface area contributed by atoms with Crippen LogP contribution in [-0.2, 0) is 4.79 Å². The maximum Gasteiger partial charge on any atom is 0.233 e. The molecule has 0 aromatic heterocycles. The van der Waals surface area contributed by atoms with Crippen molar-refractivity contribution in [1.82, 2.24) is 10.6 Å². The van der Waals surface area contributed by atoms with Gasteiger partial charge in [-0.15, -0.1) is 0 Å². The molecule has 0 aromatic rings. The maximum absolute atomic E-state index is 11.6. The fourth-order valence-corrected chi connectivity index (χ4v) is 3.53. The lowest BCUT2D eigenvalue weighted by molar-refractivity contribution is -0.120. The van der Waals surface area contributed by atoms with Gasteiger partial charge in [-0.25, -0.2) is 0 Å². The molecule has 2 aliphatic carbocycles. The summed E-state index contributed by atoms with van der Waals surface area (Å²) in [6.07, 6.45) is 6.36. The Kier molecular flexibility index (Phi) is 5.16. The highest BCUT2D eigenvalue weighted by Gasteiger charge is 2.25. The lowest BCUT2D eigenvalue weighted by Gasteiger charge is -2.12. The van der Waals surface area contributed by atoms with Crippen molar-refractivity contribution < 1.29 is 4.79 Å². The van der Waals surface area contributed by atoms with Crippen LogP contribution in [0.3, 0.4) is 0 Å². The molecule has 17 heavy (non-hydrogen) atoms. The van der Waals surface area contributed by atoms with Crippen LogP contribution in [-0.4, -0.2) is 36.0 Å². The molecule has 2 rings (SSSR count). The third kappa shape index (κ3) is 4.88. The summed E-state index contributed by atoms with van der Waals surface area (Å²) >= 11 is 2.06. The molecule has 0 bridgehead atoms. The highest BCUT2D eigenvalue weighted by atomic mass is 32.2. The fourth-order valence-electron chi connectivity index (χ4n) is 2.39. The first kappa shape index (κ1) is 13.2. The second-order valence-electron chi connectivity index (χ2n) is 5.22. The van der Waals surface area contributed by atoms with Gasteiger partial charge in [0.2, 0.25) is 5.91 Å². The average Bonchev–Trinajstić information content (AvgIpc) is 3.05. The molecule has 2 aliphatic rings. The van der Waals surface area contributed by atoms with Crippen molar-refractivity contribution in [2.45, 2.75) is 50.3 Å². The number of nitrogens with one attached hydrogen (secondary N) is 2. The van der Waals surface area contributed by atoms with Crippen molar-refractivity contribution >= 4 is 17.7 Å². The minimum atomic E-state index is 0.170. The summed E-state index contributed by atoms with van der Waals surface area (Å²) in [4.78, 5) is 11.6. The van der Waals surface area contributed by atoms with Crippen LogP contribution in [0, 0.1) is 5.92 Å². The zero-order valence-corrected chi connectivity index (χ0v) is 11.5. The molecule has 2 N–H and O–H groups in total. The number of thioether (sulfide) groups is 1. The number of rotatable bonds is 7. The van der Waals surface area contributed by atoms with Gasteiger partial charge in [0.1, 0.15) is 0 Å². The summed E-state index contributed by atoms with van der Waals surface area (Å²) in [6, 6.07) is 0.561. The van der Waals surface area contributed by atoms with Crippen molar-refractivity contribution in [1.29, 1.82) is 0 Å². The molecule has 98 valence electrons. The normalized spacial score (nSPS) is 28.3. The third-order valence-electron chi connectivity index (χ3n) is 3.62. The number of amides is 1. The minimum Gasteiger partial charge on any atom is -0.355 e. The lowest BCUT2D eigenvalue weighted by Crippen LogP contribution is -2.39. The summed E-state index contributed by atoms with van der Waals surface area (Å²) in [6.45, 7) is 3.61. The molecule has 0 aromatic carbocycles. The Morgan fingerprint density at radius 2 is 2.12 bits per heavy atom. The van der Waals surface area contributed by atoms with E-state index in [-0.39, 0.29) is 5.91 Å². The molecular formula is C13H24N2OS. The van der Waals surface area contributed by atoms with Crippen LogP contribution in [0.1, 0.15) is 39.0 Å². The molecule has 2 atom stereocenters. The van der Waals surface area contributed by atoms with Crippen LogP contribution in [0.4, 0.5) is 0 Å². The van der Waals surface area contributed by atoms with E-state index in [1.807, 2.05) is 0 Å². The molecule has 0 heterocycles. The molecular weight excluding hydrogens is 232 g/mol. The van der Waals surface area contributed by atoms with E-state index >= 15 is 0 Å². The van der Waals surface area contributed by atoms with Crippen molar-refractivity contribution in [3.05, 3.63) is 0 Å². The van der Waals surface area contributed by atoms with Crippen LogP contribution < -0.4 is 10.6 Å². The molecule has 2 unspecified atom stereocenters. The van der Waals surface area contributed by atoms with Gasteiger partial charge in [0.15, 0.2) is 0 Å². The van der Waals surface area contributed by atoms with Gasteiger partial charge in [0, 0.05) is 17.8 Å². The summed E-state index contributed by atoms with van der Waals surface area (Å²) in [5.41, 5.74) is 0. The largest absolute Gasteiger partial charge is 0.355 e. The van der Waals surface area contributed by atoms with Gasteiger partial charge >= 0.3 is 0 Å². The fraction of sp³-hybridized carbons (Fsp3) is 0.923. The Balaban J connectivity index is 1.53. The smallest absolute Gasteiger partial charge is 0.233 e. The third-order valence-corrected chi connectivity index (χ3v) is 4.86. The highest BCUT2D eigenvalue weighted by Crippen LogP contribution is 2.29. The van der Waals surface area contributed by atoms with Gasteiger partial charge in [-0.05, 0) is 43.8 Å². The van der Waals surface area contributed by atoms with E-state index in [9.17, 15) is 4.79 Å². The standard InChI is InChI=1S/C13H24N2OS/c1-2-17-12-6-5-11(7-12)14-9-13(16)15-8-10-3-4-10/h10-12,14H,2-9H2,1H3,(H,15,16). The number of hydrogen-bond acceptors (Lipinski definition) is 3. The van der Waals surface area contributed by atoms with Crippen molar-refractivity contribution in [2.75, 3.05) is 18.8 Å². The van der Waals surface area contributed by atoms with Gasteiger partial charge in [-0.3, -0.25) is 4.79 Å². The Labute approximate surface area is 108 Å². The lowest BCUT2D eigenvalue weighted by atomic mass is 10.2. The molecule has 0 spiro atoms. The Hall–Kier alpha value is -0.220. The molecule has 3 nitrogen and oxygen atoms in total. The highest BCUT2D eigenvalue weighted by molar-refractivity contribution is 7.99. The van der Waals surface area contributed by atoms with Crippen molar-refractivity contribution in [3.63, 3.8) is 0 Å². The minimum absolute atomic E-state index is 0.170. The second-order valence-corrected chi connectivity index (χ2v) is 6.79. The first-order valence-corrected chi connectivity index (χ1v) is 7.94. The predicted molar refractivity (Wildman–Crippen MR) is 73.3 cm³/mol. The summed E-state index contributed by atoms with van der Waals surface area (Å²) in [5.74, 6) is 2.15. The second kappa shape index (κ2) is 6.64. The van der Waals surface area contributed by atoms with E-state index in [1.165, 1.54) is 37.9 Å². The average molecular weight is 256 g/mol. The monoisotopic (exact) mass is 256 g/mol. The zero-order valence-electron chi connectivity index (χ0n) is 10.7. The summed E-state index contributed by atoms with van der Waals surface area (Å²) < 4.78 is 0. The van der Waals surface area contributed by atoms with E-state index in [2.05, 4.69) is 29.3 Å². The first-order valence-electron chi connectivity index (χ1n) is 6.89. The van der Waals surface area contributed by atoms with E-state index in [0.29, 0.717) is 12.6 Å². The van der Waals surface area contributed by atoms with E-state index in [1.54, 1.807) is 0 Å². The van der Waals surface area contributed by atoms with Crippen LogP contribution in [0.2, 0.25) is 0 Å². The topological polar surface area (TPSA) is 41.1 Å². The van der Waals surface area contributed by atoms with Crippen LogP contribution in [0.25, 0.3) is 0 Å². The molecule has 1 amide bonds. The number of carbonyl (C=O) groups is 1. The van der Waals surface area contributed by atoms with Crippen LogP contribution in [0.15, 0.2) is 0 Å². The Morgan fingerprint density at radius 3 is 2.82 bits per heavy atom. The Morgan fingerprint density at radius 1 is 1.29 bits per heavy atom. The molecule has 0 aliphatic heterocycles. The van der Waals surface area contributed by atoms with Crippen molar-refractivity contribution in [3.8, 4) is 0 Å². The van der Waals surface area contributed by atoms with Crippen LogP contribution in [0.5, 0.6) is 0 Å². The Bertz CT molecular complexity index is 256. The number of hydrogen-bond donors (Lipinski definition) is 2. The van der Waals surface area contributed by atoms with Gasteiger partial charge in [0.05, 0.1) is 6.54 Å². The van der Waals surface area contributed by atoms with Gasteiger partial charge in [-0.1, -0.05) is 6.92 Å². The van der Waals surface area contributed by atoms with Crippen LogP contribution >= 0.6 is 11.8 Å². The summed E-state index contributed by atoms with van der Waals surface area (Å²) in [5, 5.41) is 7.20. The van der Waals surface area contributed by atoms with Gasteiger partial charge in [0.25, 0.3) is 0 Å². The van der Waals surface area contributed by atoms with E-state index < -0.39 is 0 Å². The predicted octanol–water partition coefficient (Wildman–Crippen LogP) is 1.78. The molecule has 2 fully saturated rings. The zero-order chi connectivity index (χ0) is 12.1. The molecule has 4 heteroatoms. The van der Waals surface area contributed by atoms with E-state index in [4.69, 9.17) is 0 Å². The molecule has 0 radical (unpaired) electrons. The maximum atomic E-state index is 11.6. The first-order chi connectivity index (χ1) is 8.28. The van der Waals surface area contributed by atoms with Gasteiger partial charge in [-0.2, -0.15) is 11.8 Å². The number of carbonyl (C=O) groups excluding carboxylic acids is 1. The van der Waals surface area contributed by atoms with Crippen molar-refractivity contribution in [2.24, 2.45) is 5.92 Å². The molecule has 2 saturated carbocycles. The quantitative estimate of drug-likeness (QED) is 0.729. The SMILES string of the molecule is CCSC1CCC(NCC(=O)NCC2CC2)C1. The summed E-state index contributed by atoms with van der Waals surface area (Å²) in [7, 11) is 0. The van der Waals surface area contributed by atoms with E-state index in [0.717, 1.165) is 17.7 Å². The van der Waals surface area contributed by atoms with Gasteiger partial charge < -0.3 is 10.6 Å².